The normalized spacial score (nSPS) is 9.72. The minimum absolute atomic E-state index is 0. The van der Waals surface area contributed by atoms with Gasteiger partial charge in [-0.25, -0.2) is 4.39 Å². The first-order valence-electron chi connectivity index (χ1n) is 5.08. The topological polar surface area (TPSA) is 50.4 Å². The number of anilines is 1. The van der Waals surface area contributed by atoms with Gasteiger partial charge in [-0.1, -0.05) is 15.9 Å². The summed E-state index contributed by atoms with van der Waals surface area (Å²) >= 11 is 3.14. The zero-order valence-corrected chi connectivity index (χ0v) is 12.2. The molecule has 1 rings (SSSR count). The van der Waals surface area contributed by atoms with Crippen molar-refractivity contribution in [3.8, 4) is 0 Å². The second-order valence-electron chi connectivity index (χ2n) is 3.34. The molecule has 0 aromatic heterocycles. The van der Waals surface area contributed by atoms with E-state index >= 15 is 0 Å². The summed E-state index contributed by atoms with van der Waals surface area (Å²) in [6.45, 7) is 1.23. The number of methoxy groups -OCH3 is 1. The van der Waals surface area contributed by atoms with Gasteiger partial charge >= 0.3 is 0 Å². The van der Waals surface area contributed by atoms with Gasteiger partial charge < -0.3 is 15.4 Å². The Kier molecular flexibility index (Phi) is 8.91. The zero-order valence-electron chi connectivity index (χ0n) is 9.83. The standard InChI is InChI=1S/C11H14BrFN2O2.ClH/c1-17-5-4-14-7-11(16)15-10-3-2-8(12)6-9(10)13;/h2-3,6,14H,4-5,7H2,1H3,(H,15,16);1H. The van der Waals surface area contributed by atoms with E-state index in [1.165, 1.54) is 12.1 Å². The average Bonchev–Trinajstić information content (AvgIpc) is 2.28. The van der Waals surface area contributed by atoms with E-state index in [0.29, 0.717) is 17.6 Å². The molecule has 0 heterocycles. The second-order valence-corrected chi connectivity index (χ2v) is 4.26. The summed E-state index contributed by atoms with van der Waals surface area (Å²) in [4.78, 5) is 11.4. The summed E-state index contributed by atoms with van der Waals surface area (Å²) in [5.41, 5.74) is 0.173. The number of benzene rings is 1. The molecule has 0 aliphatic heterocycles. The fraction of sp³-hybridized carbons (Fsp3) is 0.364. The summed E-state index contributed by atoms with van der Waals surface area (Å²) in [5.74, 6) is -0.757. The number of hydrogen-bond acceptors (Lipinski definition) is 3. The maximum absolute atomic E-state index is 13.4. The van der Waals surface area contributed by atoms with Gasteiger partial charge in [0.2, 0.25) is 5.91 Å². The van der Waals surface area contributed by atoms with Gasteiger partial charge in [0.05, 0.1) is 18.8 Å². The van der Waals surface area contributed by atoms with E-state index in [1.54, 1.807) is 13.2 Å². The van der Waals surface area contributed by atoms with Crippen molar-refractivity contribution in [2.75, 3.05) is 32.1 Å². The number of amides is 1. The van der Waals surface area contributed by atoms with E-state index in [4.69, 9.17) is 4.74 Å². The van der Waals surface area contributed by atoms with Crippen molar-refractivity contribution in [1.29, 1.82) is 0 Å². The zero-order chi connectivity index (χ0) is 12.7. The first-order chi connectivity index (χ1) is 8.13. The van der Waals surface area contributed by atoms with Crippen molar-refractivity contribution in [3.05, 3.63) is 28.5 Å². The highest BCUT2D eigenvalue weighted by Gasteiger charge is 2.06. The van der Waals surface area contributed by atoms with Crippen LogP contribution in [0.25, 0.3) is 0 Å². The van der Waals surface area contributed by atoms with E-state index in [2.05, 4.69) is 26.6 Å². The molecular formula is C11H15BrClFN2O2. The Balaban J connectivity index is 0.00000289. The first kappa shape index (κ1) is 17.3. The quantitative estimate of drug-likeness (QED) is 0.780. The molecule has 4 nitrogen and oxygen atoms in total. The third-order valence-electron chi connectivity index (χ3n) is 1.97. The van der Waals surface area contributed by atoms with Crippen molar-refractivity contribution in [1.82, 2.24) is 5.32 Å². The summed E-state index contributed by atoms with van der Waals surface area (Å²) in [6.07, 6.45) is 0. The van der Waals surface area contributed by atoms with Crippen molar-refractivity contribution in [2.45, 2.75) is 0 Å². The molecule has 0 spiro atoms. The Morgan fingerprint density at radius 3 is 2.83 bits per heavy atom. The Morgan fingerprint density at radius 2 is 2.22 bits per heavy atom. The van der Waals surface area contributed by atoms with Crippen LogP contribution >= 0.6 is 28.3 Å². The summed E-state index contributed by atoms with van der Waals surface area (Å²) in [5, 5.41) is 5.34. The van der Waals surface area contributed by atoms with Crippen molar-refractivity contribution in [3.63, 3.8) is 0 Å². The number of ether oxygens (including phenoxy) is 1. The highest BCUT2D eigenvalue weighted by atomic mass is 79.9. The maximum atomic E-state index is 13.4. The third kappa shape index (κ3) is 6.30. The van der Waals surface area contributed by atoms with Gasteiger partial charge in [0.25, 0.3) is 0 Å². The van der Waals surface area contributed by atoms with Gasteiger partial charge in [0.1, 0.15) is 5.82 Å². The van der Waals surface area contributed by atoms with E-state index in [9.17, 15) is 9.18 Å². The molecule has 18 heavy (non-hydrogen) atoms. The number of carbonyl (C=O) groups is 1. The van der Waals surface area contributed by atoms with Gasteiger partial charge in [-0.2, -0.15) is 0 Å². The van der Waals surface area contributed by atoms with Gasteiger partial charge in [-0.3, -0.25) is 4.79 Å². The van der Waals surface area contributed by atoms with E-state index < -0.39 is 5.82 Å². The summed E-state index contributed by atoms with van der Waals surface area (Å²) in [6, 6.07) is 4.47. The van der Waals surface area contributed by atoms with Gasteiger partial charge in [0.15, 0.2) is 0 Å². The minimum Gasteiger partial charge on any atom is -0.383 e. The SMILES string of the molecule is COCCNCC(=O)Nc1ccc(Br)cc1F.Cl. The lowest BCUT2D eigenvalue weighted by Crippen LogP contribution is -2.30. The molecule has 0 fully saturated rings. The van der Waals surface area contributed by atoms with E-state index in [0.717, 1.165) is 0 Å². The number of hydrogen-bond donors (Lipinski definition) is 2. The molecule has 1 aromatic carbocycles. The molecule has 0 saturated carbocycles. The first-order valence-corrected chi connectivity index (χ1v) is 5.87. The predicted molar refractivity (Wildman–Crippen MR) is 74.7 cm³/mol. The molecule has 0 aliphatic carbocycles. The van der Waals surface area contributed by atoms with Gasteiger partial charge in [-0.15, -0.1) is 12.4 Å². The van der Waals surface area contributed by atoms with Crippen LogP contribution in [0.5, 0.6) is 0 Å². The van der Waals surface area contributed by atoms with E-state index in [1.807, 2.05) is 0 Å². The largest absolute Gasteiger partial charge is 0.383 e. The van der Waals surface area contributed by atoms with Crippen LogP contribution in [-0.4, -0.2) is 32.7 Å². The predicted octanol–water partition coefficient (Wildman–Crippen LogP) is 2.18. The van der Waals surface area contributed by atoms with Crippen LogP contribution in [0.15, 0.2) is 22.7 Å². The lowest BCUT2D eigenvalue weighted by molar-refractivity contribution is -0.115. The molecule has 0 atom stereocenters. The number of nitrogens with one attached hydrogen (secondary N) is 2. The summed E-state index contributed by atoms with van der Waals surface area (Å²) < 4.78 is 18.8. The molecular weight excluding hydrogens is 326 g/mol. The van der Waals surface area contributed by atoms with Crippen molar-refractivity contribution < 1.29 is 13.9 Å². The molecule has 1 aromatic rings. The lowest BCUT2D eigenvalue weighted by Gasteiger charge is -2.07. The molecule has 102 valence electrons. The highest BCUT2D eigenvalue weighted by Crippen LogP contribution is 2.18. The molecule has 0 radical (unpaired) electrons. The molecule has 0 aliphatic rings. The number of carbonyl (C=O) groups excluding carboxylic acids is 1. The van der Waals surface area contributed by atoms with Crippen LogP contribution < -0.4 is 10.6 Å². The average molecular weight is 342 g/mol. The van der Waals surface area contributed by atoms with Crippen LogP contribution in [0.3, 0.4) is 0 Å². The van der Waals surface area contributed by atoms with Crippen LogP contribution in [0.4, 0.5) is 10.1 Å². The Bertz CT molecular complexity index is 393. The van der Waals surface area contributed by atoms with Crippen LogP contribution in [-0.2, 0) is 9.53 Å². The Labute approximate surface area is 120 Å². The van der Waals surface area contributed by atoms with Crippen LogP contribution in [0.1, 0.15) is 0 Å². The Morgan fingerprint density at radius 1 is 1.50 bits per heavy atom. The maximum Gasteiger partial charge on any atom is 0.238 e. The fourth-order valence-electron chi connectivity index (χ4n) is 1.16. The molecule has 2 N–H and O–H groups in total. The van der Waals surface area contributed by atoms with Crippen molar-refractivity contribution >= 4 is 39.9 Å². The molecule has 0 unspecified atom stereocenters. The minimum atomic E-state index is -0.468. The lowest BCUT2D eigenvalue weighted by atomic mass is 10.3. The second kappa shape index (κ2) is 9.27. The molecule has 0 saturated heterocycles. The smallest absolute Gasteiger partial charge is 0.238 e. The molecule has 7 heteroatoms. The summed E-state index contributed by atoms with van der Waals surface area (Å²) in [7, 11) is 1.58. The van der Waals surface area contributed by atoms with Gasteiger partial charge in [-0.05, 0) is 18.2 Å². The van der Waals surface area contributed by atoms with Crippen LogP contribution in [0.2, 0.25) is 0 Å². The molecule has 1 amide bonds. The fourth-order valence-corrected chi connectivity index (χ4v) is 1.49. The number of halogens is 3. The Hall–Kier alpha value is -0.690. The number of rotatable bonds is 6. The highest BCUT2D eigenvalue weighted by molar-refractivity contribution is 9.10. The monoisotopic (exact) mass is 340 g/mol. The van der Waals surface area contributed by atoms with Crippen molar-refractivity contribution in [2.24, 2.45) is 0 Å². The van der Waals surface area contributed by atoms with E-state index in [-0.39, 0.29) is 30.5 Å². The van der Waals surface area contributed by atoms with Gasteiger partial charge in [0, 0.05) is 18.1 Å². The van der Waals surface area contributed by atoms with Crippen LogP contribution in [0, 0.1) is 5.82 Å². The third-order valence-corrected chi connectivity index (χ3v) is 2.47. The molecule has 0 bridgehead atoms.